The summed E-state index contributed by atoms with van der Waals surface area (Å²) in [5.41, 5.74) is 1.92. The summed E-state index contributed by atoms with van der Waals surface area (Å²) in [6.07, 6.45) is 8.39. The van der Waals surface area contributed by atoms with Crippen molar-refractivity contribution in [3.05, 3.63) is 30.0 Å². The molecule has 1 aliphatic carbocycles. The molecule has 1 saturated heterocycles. The van der Waals surface area contributed by atoms with Crippen molar-refractivity contribution in [3.8, 4) is 0 Å². The third kappa shape index (κ3) is 2.99. The van der Waals surface area contributed by atoms with E-state index in [1.165, 1.54) is 11.3 Å². The summed E-state index contributed by atoms with van der Waals surface area (Å²) in [5.74, 6) is -0.849. The molecule has 1 saturated carbocycles. The fraction of sp³-hybridized carbons (Fsp3) is 0.524. The third-order valence-electron chi connectivity index (χ3n) is 6.08. The Morgan fingerprint density at radius 1 is 1.15 bits per heavy atom. The Hall–Kier alpha value is -1.79. The summed E-state index contributed by atoms with van der Waals surface area (Å²) in [6, 6.07) is 5.35. The van der Waals surface area contributed by atoms with Crippen molar-refractivity contribution in [1.29, 1.82) is 0 Å². The number of rotatable bonds is 4. The number of aryl methyl sites for hydroxylation is 1. The Morgan fingerprint density at radius 3 is 2.44 bits per heavy atom. The van der Waals surface area contributed by atoms with Crippen LogP contribution >= 0.6 is 0 Å². The number of aliphatic carboxylic acids is 1. The zero-order valence-electron chi connectivity index (χ0n) is 16.1. The molecule has 0 bridgehead atoms. The van der Waals surface area contributed by atoms with Crippen molar-refractivity contribution >= 4 is 31.4 Å². The zero-order chi connectivity index (χ0) is 19.2. The van der Waals surface area contributed by atoms with E-state index >= 15 is 0 Å². The van der Waals surface area contributed by atoms with E-state index in [9.17, 15) is 14.1 Å². The number of benzene rings is 1. The summed E-state index contributed by atoms with van der Waals surface area (Å²) in [7, 11) is -2.32. The number of fused-ring (bicyclic) bond motifs is 1. The van der Waals surface area contributed by atoms with Gasteiger partial charge in [0.15, 0.2) is 0 Å². The topological polar surface area (TPSA) is 62.5 Å². The largest absolute Gasteiger partial charge is 0.480 e. The van der Waals surface area contributed by atoms with Crippen LogP contribution in [-0.2, 0) is 14.5 Å². The van der Waals surface area contributed by atoms with Gasteiger partial charge in [0.2, 0.25) is 0 Å². The van der Waals surface area contributed by atoms with Gasteiger partial charge < -0.3 is 9.67 Å². The molecule has 1 aromatic heterocycles. The van der Waals surface area contributed by atoms with Crippen LogP contribution in [0.1, 0.15) is 57.1 Å². The van der Waals surface area contributed by atoms with Gasteiger partial charge in [0.1, 0.15) is 6.04 Å². The van der Waals surface area contributed by atoms with E-state index in [2.05, 4.69) is 10.4 Å². The summed E-state index contributed by atoms with van der Waals surface area (Å²) in [4.78, 5) is 13.5. The molecule has 0 amide bonds. The van der Waals surface area contributed by atoms with Gasteiger partial charge in [-0.15, -0.1) is 0 Å². The second-order valence-electron chi connectivity index (χ2n) is 7.82. The first-order valence-electron chi connectivity index (χ1n) is 9.91. The molecule has 2 aromatic rings. The first-order chi connectivity index (χ1) is 12.9. The van der Waals surface area contributed by atoms with Gasteiger partial charge in [0.05, 0.1) is 9.71 Å². The molecule has 27 heavy (non-hydrogen) atoms. The fourth-order valence-electron chi connectivity index (χ4n) is 4.23. The molecule has 0 radical (unpaired) electrons. The van der Waals surface area contributed by atoms with E-state index in [1.807, 2.05) is 25.3 Å². The number of aromatic nitrogens is 1. The minimum absolute atomic E-state index is 0.625. The highest BCUT2D eigenvalue weighted by molar-refractivity contribution is 8.00. The van der Waals surface area contributed by atoms with Crippen molar-refractivity contribution in [2.45, 2.75) is 63.3 Å². The lowest BCUT2D eigenvalue weighted by Gasteiger charge is -2.35. The Kier molecular flexibility index (Phi) is 4.80. The molecule has 2 atom stereocenters. The highest BCUT2D eigenvalue weighted by atomic mass is 32.2. The molecule has 0 spiro atoms. The molecule has 6 heteroatoms. The maximum absolute atomic E-state index is 14.3. The van der Waals surface area contributed by atoms with Crippen molar-refractivity contribution < 1.29 is 14.1 Å². The zero-order valence-corrected chi connectivity index (χ0v) is 16.9. The van der Waals surface area contributed by atoms with E-state index in [1.54, 1.807) is 11.5 Å². The maximum Gasteiger partial charge on any atom is 0.326 e. The monoisotopic (exact) mass is 388 g/mol. The average molecular weight is 389 g/mol. The van der Waals surface area contributed by atoms with Crippen LogP contribution in [0, 0.1) is 6.92 Å². The molecule has 2 unspecified atom stereocenters. The van der Waals surface area contributed by atoms with Gasteiger partial charge in [0.25, 0.3) is 0 Å². The number of piperidine rings is 1. The quantitative estimate of drug-likeness (QED) is 0.806. The Labute approximate surface area is 161 Å². The predicted molar refractivity (Wildman–Crippen MR) is 110 cm³/mol. The smallest absolute Gasteiger partial charge is 0.326 e. The van der Waals surface area contributed by atoms with Crippen LogP contribution in [0.5, 0.6) is 0 Å². The molecular formula is C21H28N2O3S. The van der Waals surface area contributed by atoms with Crippen LogP contribution in [-0.4, -0.2) is 42.1 Å². The first kappa shape index (κ1) is 18.6. The van der Waals surface area contributed by atoms with Gasteiger partial charge in [-0.2, -0.15) is 0 Å². The molecular weight excluding hydrogens is 360 g/mol. The Morgan fingerprint density at radius 2 is 1.85 bits per heavy atom. The number of carbonyl (C=O) groups is 1. The molecule has 1 N–H and O–H groups in total. The molecule has 146 valence electrons. The number of carboxylic acid groups (broad SMARTS) is 1. The SMILES string of the molecule is Cc1cn(C(C)C(=O)O)c2ccc(S(=O)(=C3CCC3)N3CCCCC3)cc12. The Balaban J connectivity index is 1.86. The van der Waals surface area contributed by atoms with E-state index in [-0.39, 0.29) is 0 Å². The van der Waals surface area contributed by atoms with E-state index in [0.29, 0.717) is 0 Å². The number of hydrogen-bond donors (Lipinski definition) is 1. The van der Waals surface area contributed by atoms with Crippen molar-refractivity contribution in [3.63, 3.8) is 0 Å². The normalized spacial score (nSPS) is 21.6. The van der Waals surface area contributed by atoms with Crippen molar-refractivity contribution in [2.75, 3.05) is 13.1 Å². The van der Waals surface area contributed by atoms with E-state index in [0.717, 1.165) is 66.6 Å². The van der Waals surface area contributed by atoms with Gasteiger partial charge in [-0.1, -0.05) is 6.42 Å². The standard InChI is InChI=1S/C21H28N2O3S/c1-15-14-23(16(2)21(24)25)20-10-9-18(13-19(15)20)27(26,17-7-6-8-17)22-11-4-3-5-12-22/h9-10,13-14,16H,3-8,11-12H2,1-2H3,(H,24,25). The van der Waals surface area contributed by atoms with Crippen LogP contribution in [0.15, 0.2) is 29.3 Å². The lowest BCUT2D eigenvalue weighted by Crippen LogP contribution is -2.40. The first-order valence-corrected chi connectivity index (χ1v) is 11.4. The predicted octanol–water partition coefficient (Wildman–Crippen LogP) is 4.00. The second-order valence-corrected chi connectivity index (χ2v) is 10.4. The molecule has 1 aliphatic heterocycles. The molecule has 2 fully saturated rings. The van der Waals surface area contributed by atoms with Crippen molar-refractivity contribution in [1.82, 2.24) is 8.87 Å². The summed E-state index contributed by atoms with van der Waals surface area (Å²) in [5, 5.41) is 10.4. The third-order valence-corrected chi connectivity index (χ3v) is 9.26. The lowest BCUT2D eigenvalue weighted by atomic mass is 10.0. The molecule has 1 aromatic carbocycles. The van der Waals surface area contributed by atoms with Gasteiger partial charge in [-0.05, 0) is 69.7 Å². The summed E-state index contributed by atoms with van der Waals surface area (Å²) < 4.78 is 18.3. The second kappa shape index (κ2) is 6.99. The van der Waals surface area contributed by atoms with Gasteiger partial charge in [-0.3, -0.25) is 0 Å². The van der Waals surface area contributed by atoms with Gasteiger partial charge in [0, 0.05) is 39.9 Å². The lowest BCUT2D eigenvalue weighted by molar-refractivity contribution is -0.140. The van der Waals surface area contributed by atoms with Crippen LogP contribution in [0.4, 0.5) is 0 Å². The molecule has 2 heterocycles. The fourth-order valence-corrected chi connectivity index (χ4v) is 7.37. The number of nitrogens with zero attached hydrogens (tertiary/aromatic N) is 2. The van der Waals surface area contributed by atoms with Crippen LogP contribution in [0.25, 0.3) is 10.9 Å². The maximum atomic E-state index is 14.3. The average Bonchev–Trinajstić information content (AvgIpc) is 2.96. The number of carboxylic acids is 1. The molecule has 2 aliphatic rings. The van der Waals surface area contributed by atoms with Crippen LogP contribution in [0.2, 0.25) is 0 Å². The Bertz CT molecular complexity index is 1000. The molecule has 4 rings (SSSR count). The summed E-state index contributed by atoms with van der Waals surface area (Å²) in [6.45, 7) is 5.49. The molecule has 5 nitrogen and oxygen atoms in total. The van der Waals surface area contributed by atoms with Crippen LogP contribution < -0.4 is 0 Å². The highest BCUT2D eigenvalue weighted by Crippen LogP contribution is 2.33. The minimum Gasteiger partial charge on any atom is -0.480 e. The highest BCUT2D eigenvalue weighted by Gasteiger charge is 2.30. The van der Waals surface area contributed by atoms with E-state index < -0.39 is 21.7 Å². The summed E-state index contributed by atoms with van der Waals surface area (Å²) >= 11 is 0. The van der Waals surface area contributed by atoms with Gasteiger partial charge in [-0.25, -0.2) is 13.3 Å². The number of hydrogen-bond acceptors (Lipinski definition) is 2. The minimum atomic E-state index is -2.32. The van der Waals surface area contributed by atoms with Gasteiger partial charge >= 0.3 is 5.97 Å². The van der Waals surface area contributed by atoms with Crippen LogP contribution in [0.3, 0.4) is 0 Å². The van der Waals surface area contributed by atoms with E-state index in [4.69, 9.17) is 0 Å². The van der Waals surface area contributed by atoms with Crippen molar-refractivity contribution in [2.24, 2.45) is 0 Å².